The van der Waals surface area contributed by atoms with E-state index in [1.54, 1.807) is 6.92 Å². The fourth-order valence-electron chi connectivity index (χ4n) is 3.00. The average molecular weight is 555 g/mol. The zero-order valence-corrected chi connectivity index (χ0v) is 26.4. The molecule has 0 radical (unpaired) electrons. The number of carbonyl (C=O) groups excluding carboxylic acids is 2. The Morgan fingerprint density at radius 1 is 0.634 bits per heavy atom. The van der Waals surface area contributed by atoms with Gasteiger partial charge in [-0.3, -0.25) is 9.59 Å². The molecule has 0 atom stereocenters. The van der Waals surface area contributed by atoms with E-state index < -0.39 is 0 Å². The van der Waals surface area contributed by atoms with Gasteiger partial charge in [0.1, 0.15) is 0 Å². The summed E-state index contributed by atoms with van der Waals surface area (Å²) in [6.07, 6.45) is 8.25. The first-order valence-electron chi connectivity index (χ1n) is 14.0. The van der Waals surface area contributed by atoms with Gasteiger partial charge in [0.05, 0.1) is 0 Å². The Labute approximate surface area is 250 Å². The van der Waals surface area contributed by atoms with Gasteiger partial charge in [-0.25, -0.2) is 0 Å². The van der Waals surface area contributed by atoms with E-state index in [0.717, 1.165) is 16.9 Å². The Balaban J connectivity index is -0.000000631. The second-order valence-electron chi connectivity index (χ2n) is 7.50. The number of primary amides is 1. The lowest BCUT2D eigenvalue weighted by Gasteiger charge is -2.09. The molecule has 4 heteroatoms. The monoisotopic (exact) mass is 554 g/mol. The van der Waals surface area contributed by atoms with Crippen LogP contribution in [0.3, 0.4) is 0 Å². The fourth-order valence-corrected chi connectivity index (χ4v) is 3.00. The first kappa shape index (κ1) is 40.9. The molecular formula is C37H50N2O2. The molecule has 0 heterocycles. The van der Waals surface area contributed by atoms with Crippen LogP contribution in [0.4, 0.5) is 11.4 Å². The summed E-state index contributed by atoms with van der Waals surface area (Å²) < 4.78 is 0. The molecule has 0 saturated heterocycles. The number of benzene rings is 4. The predicted octanol–water partition coefficient (Wildman–Crippen LogP) is 10.0. The van der Waals surface area contributed by atoms with Crippen LogP contribution in [0, 0.1) is 26.7 Å². The summed E-state index contributed by atoms with van der Waals surface area (Å²) in [5.41, 5.74) is 11.9. The van der Waals surface area contributed by atoms with E-state index in [1.165, 1.54) is 22.3 Å². The maximum atomic E-state index is 11.3. The largest absolute Gasteiger partial charge is 0.372 e. The van der Waals surface area contributed by atoms with Crippen molar-refractivity contribution in [2.24, 2.45) is 5.73 Å². The zero-order chi connectivity index (χ0) is 32.1. The number of Topliss-reactive ketones (excluding diaryl/α,β-unsaturated/α-hetero) is 1. The van der Waals surface area contributed by atoms with Crippen LogP contribution in [-0.4, -0.2) is 12.2 Å². The van der Waals surface area contributed by atoms with Gasteiger partial charge in [-0.1, -0.05) is 119 Å². The second-order valence-corrected chi connectivity index (χ2v) is 7.50. The highest BCUT2D eigenvalue weighted by Gasteiger charge is 2.01. The fraction of sp³-hybridized carbons (Fsp3) is 0.243. The van der Waals surface area contributed by atoms with Crippen molar-refractivity contribution < 1.29 is 9.59 Å². The molecule has 220 valence electrons. The van der Waals surface area contributed by atoms with Gasteiger partial charge in [0, 0.05) is 16.9 Å². The Morgan fingerprint density at radius 2 is 1.05 bits per heavy atom. The van der Waals surface area contributed by atoms with Gasteiger partial charge in [-0.05, 0) is 68.3 Å². The molecule has 0 spiro atoms. The van der Waals surface area contributed by atoms with Crippen LogP contribution < -0.4 is 11.1 Å². The summed E-state index contributed by atoms with van der Waals surface area (Å²) in [5.74, 6) is 0.0811. The van der Waals surface area contributed by atoms with Crippen LogP contribution in [0.25, 0.3) is 11.1 Å². The Hall–Kier alpha value is -4.62. The predicted molar refractivity (Wildman–Crippen MR) is 182 cm³/mol. The van der Waals surface area contributed by atoms with Crippen LogP contribution in [0.5, 0.6) is 0 Å². The van der Waals surface area contributed by atoms with Crippen molar-refractivity contribution in [1.82, 2.24) is 0 Å². The minimum Gasteiger partial charge on any atom is -0.372 e. The van der Waals surface area contributed by atoms with E-state index in [1.807, 2.05) is 96.1 Å². The highest BCUT2D eigenvalue weighted by Crippen LogP contribution is 2.24. The van der Waals surface area contributed by atoms with Crippen LogP contribution in [-0.2, 0) is 4.79 Å². The van der Waals surface area contributed by atoms with Crippen molar-refractivity contribution in [1.29, 1.82) is 0 Å². The molecule has 4 aromatic carbocycles. The van der Waals surface area contributed by atoms with Gasteiger partial charge in [0.25, 0.3) is 0 Å². The molecule has 0 aliphatic rings. The number of nitrogens with one attached hydrogen (secondary N) is 1. The summed E-state index contributed by atoms with van der Waals surface area (Å²) >= 11 is 0. The number of carbonyl (C=O) groups is 2. The minimum absolute atomic E-state index is 0.0811. The van der Waals surface area contributed by atoms with Crippen molar-refractivity contribution in [3.63, 3.8) is 0 Å². The molecular weight excluding hydrogens is 504 g/mol. The first-order chi connectivity index (χ1) is 19.9. The van der Waals surface area contributed by atoms with Crippen molar-refractivity contribution in [2.45, 2.75) is 62.3 Å². The van der Waals surface area contributed by atoms with Gasteiger partial charge < -0.3 is 11.1 Å². The minimum atomic E-state index is 0.0811. The normalized spacial score (nSPS) is 8.07. The van der Waals surface area contributed by atoms with Crippen LogP contribution >= 0.6 is 0 Å². The average Bonchev–Trinajstić information content (AvgIpc) is 3.04. The Kier molecular flexibility index (Phi) is 28.3. The lowest BCUT2D eigenvalue weighted by Crippen LogP contribution is -1.94. The van der Waals surface area contributed by atoms with Crippen molar-refractivity contribution in [3.05, 3.63) is 120 Å². The van der Waals surface area contributed by atoms with Crippen LogP contribution in [0.1, 0.15) is 70.0 Å². The molecule has 41 heavy (non-hydrogen) atoms. The van der Waals surface area contributed by atoms with E-state index in [-0.39, 0.29) is 12.2 Å². The zero-order valence-electron chi connectivity index (χ0n) is 26.4. The highest BCUT2D eigenvalue weighted by molar-refractivity contribution is 5.94. The number of rotatable bonds is 4. The van der Waals surface area contributed by atoms with E-state index >= 15 is 0 Å². The molecule has 0 saturated carbocycles. The number of terminal acetylenes is 1. The maximum absolute atomic E-state index is 11.3. The number of hydrogen-bond donors (Lipinski definition) is 2. The highest BCUT2D eigenvalue weighted by atomic mass is 16.1. The van der Waals surface area contributed by atoms with Crippen molar-refractivity contribution in [3.8, 4) is 24.0 Å². The van der Waals surface area contributed by atoms with Gasteiger partial charge in [-0.15, -0.1) is 12.8 Å². The molecule has 0 unspecified atom stereocenters. The molecule has 4 aromatic rings. The van der Waals surface area contributed by atoms with Crippen molar-refractivity contribution in [2.75, 3.05) is 5.32 Å². The third kappa shape index (κ3) is 19.1. The van der Waals surface area contributed by atoms with Crippen molar-refractivity contribution >= 4 is 23.6 Å². The molecule has 4 rings (SSSR count). The molecule has 0 fully saturated rings. The van der Waals surface area contributed by atoms with Gasteiger partial charge in [-0.2, -0.15) is 0 Å². The van der Waals surface area contributed by atoms with Gasteiger partial charge in [0.2, 0.25) is 6.41 Å². The molecule has 3 N–H and O–H groups in total. The van der Waals surface area contributed by atoms with Gasteiger partial charge >= 0.3 is 0 Å². The van der Waals surface area contributed by atoms with Crippen LogP contribution in [0.15, 0.2) is 103 Å². The van der Waals surface area contributed by atoms with E-state index in [0.29, 0.717) is 0 Å². The number of nitrogens with two attached hydrogens (primary N) is 1. The molecule has 0 aliphatic heterocycles. The lowest BCUT2D eigenvalue weighted by atomic mass is 10.1. The topological polar surface area (TPSA) is 72.2 Å². The summed E-state index contributed by atoms with van der Waals surface area (Å²) in [5, 5.41) is 3.37. The summed E-state index contributed by atoms with van der Waals surface area (Å²) in [4.78, 5) is 19.9. The van der Waals surface area contributed by atoms with E-state index in [2.05, 4.69) is 86.3 Å². The van der Waals surface area contributed by atoms with E-state index in [9.17, 15) is 4.79 Å². The quantitative estimate of drug-likeness (QED) is 0.150. The molecule has 0 bridgehead atoms. The maximum Gasteiger partial charge on any atom is 0.204 e. The first-order valence-corrected chi connectivity index (χ1v) is 14.0. The number of anilines is 2. The smallest absolute Gasteiger partial charge is 0.204 e. The van der Waals surface area contributed by atoms with E-state index in [4.69, 9.17) is 4.79 Å². The third-order valence-electron chi connectivity index (χ3n) is 4.77. The molecule has 4 nitrogen and oxygen atoms in total. The SMILES string of the molecule is C#C.CC.CC.CC.CC(=O)c1ccc(Nc2cccc(-c3ccccc3)c2)cc1.Cc1ccc(C)cc1.NC=O. The second kappa shape index (κ2) is 28.4. The third-order valence-corrected chi connectivity index (χ3v) is 4.77. The summed E-state index contributed by atoms with van der Waals surface area (Å²) in [7, 11) is 0. The number of ketones is 1. The number of aryl methyl sites for hydroxylation is 2. The summed E-state index contributed by atoms with van der Waals surface area (Å²) in [6, 6.07) is 34.6. The molecule has 0 aromatic heterocycles. The molecule has 1 amide bonds. The Morgan fingerprint density at radius 3 is 1.46 bits per heavy atom. The summed E-state index contributed by atoms with van der Waals surface area (Å²) in [6.45, 7) is 17.8. The van der Waals surface area contributed by atoms with Crippen LogP contribution in [0.2, 0.25) is 0 Å². The number of amides is 1. The standard InChI is InChI=1S/C20H17NO.C8H10.3C2H6.C2H2.CH3NO/c1-15(22)16-10-12-19(13-11-16)21-20-9-5-8-18(14-20)17-6-3-2-4-7-17;1-7-3-5-8(2)6-4-7;4*1-2;2-1-3/h2-14,21H,1H3;3-6H,1-2H3;3*1-2H3;1-2H;1H,(H2,2,3). The Bertz CT molecular complexity index is 1160. The van der Waals surface area contributed by atoms with Gasteiger partial charge in [0.15, 0.2) is 5.78 Å². The lowest BCUT2D eigenvalue weighted by molar-refractivity contribution is -0.106. The number of hydrogen-bond acceptors (Lipinski definition) is 3. The molecule has 0 aliphatic carbocycles.